The molecule has 0 saturated carbocycles. The number of anilines is 1. The van der Waals surface area contributed by atoms with Crippen LogP contribution in [0.25, 0.3) is 0 Å². The number of sulfonamides is 1. The lowest BCUT2D eigenvalue weighted by Gasteiger charge is -2.19. The maximum atomic E-state index is 12.4. The standard InChI is InChI=1S/C15H13F3N2O5S/c16-15(17,18)9-25-14-4-1-10(8-19-14)20-26(21,22)11-2-3-12-13(7-11)24-6-5-23-12/h1-4,7-8,20H,5-6,9H2. The Hall–Kier alpha value is -2.69. The number of rotatable bonds is 5. The highest BCUT2D eigenvalue weighted by molar-refractivity contribution is 7.92. The van der Waals surface area contributed by atoms with Gasteiger partial charge in [0.25, 0.3) is 10.0 Å². The summed E-state index contributed by atoms with van der Waals surface area (Å²) in [5.41, 5.74) is 0.0687. The topological polar surface area (TPSA) is 86.8 Å². The molecule has 0 radical (unpaired) electrons. The molecule has 1 aliphatic rings. The van der Waals surface area contributed by atoms with Crippen molar-refractivity contribution in [1.82, 2.24) is 4.98 Å². The maximum Gasteiger partial charge on any atom is 0.422 e. The van der Waals surface area contributed by atoms with Gasteiger partial charge in [-0.1, -0.05) is 0 Å². The third-order valence-corrected chi connectivity index (χ3v) is 4.58. The summed E-state index contributed by atoms with van der Waals surface area (Å²) in [6, 6.07) is 6.53. The normalized spacial score (nSPS) is 14.0. The first-order chi connectivity index (χ1) is 12.2. The van der Waals surface area contributed by atoms with E-state index in [0.717, 1.165) is 12.3 Å². The molecule has 0 atom stereocenters. The molecule has 1 aliphatic heterocycles. The van der Waals surface area contributed by atoms with Crippen LogP contribution in [-0.2, 0) is 10.0 Å². The van der Waals surface area contributed by atoms with E-state index in [0.29, 0.717) is 24.7 Å². The molecule has 7 nitrogen and oxygen atoms in total. The lowest BCUT2D eigenvalue weighted by molar-refractivity contribution is -0.154. The van der Waals surface area contributed by atoms with E-state index in [9.17, 15) is 21.6 Å². The SMILES string of the molecule is O=S(=O)(Nc1ccc(OCC(F)(F)F)nc1)c1ccc2c(c1)OCCO2. The van der Waals surface area contributed by atoms with Crippen LogP contribution in [0.15, 0.2) is 41.4 Å². The number of hydrogen-bond acceptors (Lipinski definition) is 6. The van der Waals surface area contributed by atoms with Gasteiger partial charge < -0.3 is 14.2 Å². The van der Waals surface area contributed by atoms with Crippen LogP contribution in [-0.4, -0.2) is 39.4 Å². The van der Waals surface area contributed by atoms with Gasteiger partial charge in [-0.3, -0.25) is 4.72 Å². The van der Waals surface area contributed by atoms with Crippen molar-refractivity contribution < 1.29 is 35.8 Å². The molecule has 3 rings (SSSR count). The maximum absolute atomic E-state index is 12.4. The Labute approximate surface area is 146 Å². The summed E-state index contributed by atoms with van der Waals surface area (Å²) in [7, 11) is -3.94. The van der Waals surface area contributed by atoms with E-state index < -0.39 is 22.8 Å². The fourth-order valence-corrected chi connectivity index (χ4v) is 3.15. The Morgan fingerprint density at radius 2 is 1.85 bits per heavy atom. The molecule has 2 heterocycles. The predicted molar refractivity (Wildman–Crippen MR) is 84.0 cm³/mol. The van der Waals surface area contributed by atoms with Gasteiger partial charge in [-0.25, -0.2) is 13.4 Å². The van der Waals surface area contributed by atoms with Crippen LogP contribution in [0, 0.1) is 0 Å². The van der Waals surface area contributed by atoms with Crippen molar-refractivity contribution in [2.75, 3.05) is 24.5 Å². The number of aromatic nitrogens is 1. The van der Waals surface area contributed by atoms with E-state index in [2.05, 4.69) is 14.4 Å². The number of halogens is 3. The molecule has 0 bridgehead atoms. The number of pyridine rings is 1. The van der Waals surface area contributed by atoms with Gasteiger partial charge in [-0.05, 0) is 18.2 Å². The monoisotopic (exact) mass is 390 g/mol. The fraction of sp³-hybridized carbons (Fsp3) is 0.267. The molecule has 2 aromatic rings. The molecule has 1 aromatic carbocycles. The number of nitrogens with zero attached hydrogens (tertiary/aromatic N) is 1. The minimum atomic E-state index is -4.49. The van der Waals surface area contributed by atoms with Crippen molar-refractivity contribution in [1.29, 1.82) is 0 Å². The largest absolute Gasteiger partial charge is 0.486 e. The second-order valence-electron chi connectivity index (χ2n) is 5.20. The quantitative estimate of drug-likeness (QED) is 0.845. The highest BCUT2D eigenvalue weighted by Gasteiger charge is 2.28. The van der Waals surface area contributed by atoms with Gasteiger partial charge in [0.2, 0.25) is 5.88 Å². The molecule has 1 N–H and O–H groups in total. The summed E-state index contributed by atoms with van der Waals surface area (Å²) in [4.78, 5) is 3.58. The second kappa shape index (κ2) is 6.90. The van der Waals surface area contributed by atoms with Crippen LogP contribution in [0.2, 0.25) is 0 Å². The Morgan fingerprint density at radius 3 is 2.50 bits per heavy atom. The van der Waals surface area contributed by atoms with E-state index in [-0.39, 0.29) is 16.5 Å². The summed E-state index contributed by atoms with van der Waals surface area (Å²) in [5.74, 6) is 0.487. The molecule has 26 heavy (non-hydrogen) atoms. The Bertz CT molecular complexity index is 885. The van der Waals surface area contributed by atoms with E-state index in [4.69, 9.17) is 9.47 Å². The number of nitrogens with one attached hydrogen (secondary N) is 1. The zero-order valence-electron chi connectivity index (χ0n) is 13.1. The zero-order valence-corrected chi connectivity index (χ0v) is 13.9. The first-order valence-electron chi connectivity index (χ1n) is 7.31. The van der Waals surface area contributed by atoms with E-state index in [1.165, 1.54) is 24.3 Å². The van der Waals surface area contributed by atoms with Gasteiger partial charge in [-0.15, -0.1) is 0 Å². The minimum absolute atomic E-state index is 0.0563. The average Bonchev–Trinajstić information content (AvgIpc) is 2.60. The minimum Gasteiger partial charge on any atom is -0.486 e. The number of ether oxygens (including phenoxy) is 3. The van der Waals surface area contributed by atoms with Crippen LogP contribution in [0.5, 0.6) is 17.4 Å². The van der Waals surface area contributed by atoms with E-state index in [1.54, 1.807) is 0 Å². The second-order valence-corrected chi connectivity index (χ2v) is 6.88. The number of hydrogen-bond donors (Lipinski definition) is 1. The number of benzene rings is 1. The van der Waals surface area contributed by atoms with Crippen molar-refractivity contribution in [3.8, 4) is 17.4 Å². The molecule has 0 amide bonds. The summed E-state index contributed by atoms with van der Waals surface area (Å²) in [6.07, 6.45) is -3.43. The Kier molecular flexibility index (Phi) is 4.81. The summed E-state index contributed by atoms with van der Waals surface area (Å²) in [5, 5.41) is 0. The summed E-state index contributed by atoms with van der Waals surface area (Å²) >= 11 is 0. The van der Waals surface area contributed by atoms with Crippen LogP contribution >= 0.6 is 0 Å². The van der Waals surface area contributed by atoms with Gasteiger partial charge in [0.15, 0.2) is 18.1 Å². The van der Waals surface area contributed by atoms with Crippen molar-refractivity contribution in [2.24, 2.45) is 0 Å². The van der Waals surface area contributed by atoms with Gasteiger partial charge in [0.05, 0.1) is 16.8 Å². The first-order valence-corrected chi connectivity index (χ1v) is 8.79. The lowest BCUT2D eigenvalue weighted by Crippen LogP contribution is -2.19. The van der Waals surface area contributed by atoms with Crippen LogP contribution < -0.4 is 18.9 Å². The van der Waals surface area contributed by atoms with E-state index >= 15 is 0 Å². The Balaban J connectivity index is 1.71. The highest BCUT2D eigenvalue weighted by Crippen LogP contribution is 2.32. The molecule has 1 aromatic heterocycles. The van der Waals surface area contributed by atoms with Crippen LogP contribution in [0.1, 0.15) is 0 Å². The first kappa shape index (κ1) is 18.1. The summed E-state index contributed by atoms with van der Waals surface area (Å²) in [6.45, 7) is -0.790. The van der Waals surface area contributed by atoms with Gasteiger partial charge >= 0.3 is 6.18 Å². The van der Waals surface area contributed by atoms with Crippen molar-refractivity contribution in [2.45, 2.75) is 11.1 Å². The van der Waals surface area contributed by atoms with Gasteiger partial charge in [-0.2, -0.15) is 13.2 Å². The van der Waals surface area contributed by atoms with E-state index in [1.807, 2.05) is 0 Å². The van der Waals surface area contributed by atoms with Crippen LogP contribution in [0.4, 0.5) is 18.9 Å². The van der Waals surface area contributed by atoms with Gasteiger partial charge in [0.1, 0.15) is 13.2 Å². The predicted octanol–water partition coefficient (Wildman–Crippen LogP) is 2.59. The molecule has 0 aliphatic carbocycles. The molecular weight excluding hydrogens is 377 g/mol. The Morgan fingerprint density at radius 1 is 1.12 bits per heavy atom. The van der Waals surface area contributed by atoms with Gasteiger partial charge in [0, 0.05) is 12.1 Å². The molecule has 140 valence electrons. The third-order valence-electron chi connectivity index (χ3n) is 3.20. The third kappa shape index (κ3) is 4.48. The zero-order chi connectivity index (χ0) is 18.8. The summed E-state index contributed by atoms with van der Waals surface area (Å²) < 4.78 is 78.5. The smallest absolute Gasteiger partial charge is 0.422 e. The molecule has 0 saturated heterocycles. The molecule has 0 fully saturated rings. The van der Waals surface area contributed by atoms with Crippen molar-refractivity contribution in [3.63, 3.8) is 0 Å². The lowest BCUT2D eigenvalue weighted by atomic mass is 10.3. The van der Waals surface area contributed by atoms with Crippen molar-refractivity contribution in [3.05, 3.63) is 36.5 Å². The molecule has 11 heteroatoms. The van der Waals surface area contributed by atoms with Crippen molar-refractivity contribution >= 4 is 15.7 Å². The molecule has 0 spiro atoms. The average molecular weight is 390 g/mol. The molecular formula is C15H13F3N2O5S. The number of alkyl halides is 3. The fourth-order valence-electron chi connectivity index (χ4n) is 2.09. The highest BCUT2D eigenvalue weighted by atomic mass is 32.2. The number of fused-ring (bicyclic) bond motifs is 1. The van der Waals surface area contributed by atoms with Crippen LogP contribution in [0.3, 0.4) is 0 Å². The molecule has 0 unspecified atom stereocenters.